The lowest BCUT2D eigenvalue weighted by Gasteiger charge is -1.97. The molecule has 0 saturated carbocycles. The lowest BCUT2D eigenvalue weighted by Crippen LogP contribution is -1.81. The molecule has 21 heavy (non-hydrogen) atoms. The first-order valence-corrected chi connectivity index (χ1v) is 9.04. The molecule has 1 aromatic carbocycles. The van der Waals surface area contributed by atoms with Crippen LogP contribution >= 0.6 is 51.2 Å². The SMILES string of the molecule is Cc1sc(C(=O)S)cc1-c1nc(-c2cccc(Br)c2)cs1. The molecule has 0 N–H and O–H groups in total. The van der Waals surface area contributed by atoms with Crippen molar-refractivity contribution in [2.24, 2.45) is 0 Å². The van der Waals surface area contributed by atoms with E-state index in [0.717, 1.165) is 31.2 Å². The highest BCUT2D eigenvalue weighted by Crippen LogP contribution is 2.35. The molecule has 0 unspecified atom stereocenters. The van der Waals surface area contributed by atoms with Gasteiger partial charge in [-0.2, -0.15) is 0 Å². The van der Waals surface area contributed by atoms with Crippen molar-refractivity contribution in [3.63, 3.8) is 0 Å². The van der Waals surface area contributed by atoms with E-state index >= 15 is 0 Å². The van der Waals surface area contributed by atoms with Crippen molar-refractivity contribution in [1.29, 1.82) is 0 Å². The fourth-order valence-electron chi connectivity index (χ4n) is 1.98. The number of rotatable bonds is 3. The lowest BCUT2D eigenvalue weighted by molar-refractivity contribution is 0.109. The summed E-state index contributed by atoms with van der Waals surface area (Å²) in [6, 6.07) is 9.93. The topological polar surface area (TPSA) is 30.0 Å². The molecular formula is C15H10BrNOS3. The lowest BCUT2D eigenvalue weighted by atomic mass is 10.2. The zero-order valence-electron chi connectivity index (χ0n) is 11.0. The van der Waals surface area contributed by atoms with Crippen LogP contribution in [0.15, 0.2) is 40.2 Å². The molecule has 0 aliphatic heterocycles. The second kappa shape index (κ2) is 6.04. The predicted molar refractivity (Wildman–Crippen MR) is 96.6 cm³/mol. The Bertz CT molecular complexity index is 822. The Morgan fingerprint density at radius 3 is 2.81 bits per heavy atom. The summed E-state index contributed by atoms with van der Waals surface area (Å²) in [7, 11) is 0. The van der Waals surface area contributed by atoms with Crippen molar-refractivity contribution in [1.82, 2.24) is 4.98 Å². The third kappa shape index (κ3) is 3.13. The van der Waals surface area contributed by atoms with Crippen molar-refractivity contribution in [3.05, 3.63) is 49.9 Å². The summed E-state index contributed by atoms with van der Waals surface area (Å²) in [4.78, 5) is 17.8. The van der Waals surface area contributed by atoms with E-state index in [9.17, 15) is 4.79 Å². The molecule has 2 aromatic heterocycles. The van der Waals surface area contributed by atoms with Gasteiger partial charge in [0.1, 0.15) is 5.01 Å². The van der Waals surface area contributed by atoms with Gasteiger partial charge >= 0.3 is 0 Å². The number of nitrogens with zero attached hydrogens (tertiary/aromatic N) is 1. The molecule has 0 saturated heterocycles. The van der Waals surface area contributed by atoms with Gasteiger partial charge in [-0.3, -0.25) is 4.79 Å². The Hall–Kier alpha value is -0.950. The van der Waals surface area contributed by atoms with Gasteiger partial charge in [0.2, 0.25) is 5.12 Å². The summed E-state index contributed by atoms with van der Waals surface area (Å²) in [5.41, 5.74) is 3.04. The van der Waals surface area contributed by atoms with Crippen molar-refractivity contribution < 1.29 is 4.79 Å². The fourth-order valence-corrected chi connectivity index (χ4v) is 4.40. The first-order valence-electron chi connectivity index (χ1n) is 6.10. The van der Waals surface area contributed by atoms with Crippen LogP contribution < -0.4 is 0 Å². The molecule has 0 radical (unpaired) electrons. The van der Waals surface area contributed by atoms with E-state index < -0.39 is 0 Å². The zero-order chi connectivity index (χ0) is 15.0. The maximum Gasteiger partial charge on any atom is 0.226 e. The Morgan fingerprint density at radius 2 is 2.14 bits per heavy atom. The number of aromatic nitrogens is 1. The molecular weight excluding hydrogens is 386 g/mol. The number of thiazole rings is 1. The number of hydrogen-bond donors (Lipinski definition) is 1. The van der Waals surface area contributed by atoms with Gasteiger partial charge in [0, 0.05) is 25.9 Å². The van der Waals surface area contributed by atoms with Gasteiger partial charge in [-0.25, -0.2) is 4.98 Å². The summed E-state index contributed by atoms with van der Waals surface area (Å²) in [6.45, 7) is 2.00. The van der Waals surface area contributed by atoms with E-state index in [1.54, 1.807) is 11.3 Å². The van der Waals surface area contributed by atoms with E-state index in [0.29, 0.717) is 4.88 Å². The monoisotopic (exact) mass is 395 g/mol. The third-order valence-electron chi connectivity index (χ3n) is 2.98. The summed E-state index contributed by atoms with van der Waals surface area (Å²) >= 11 is 10.4. The van der Waals surface area contributed by atoms with Crippen molar-refractivity contribution in [2.75, 3.05) is 0 Å². The maximum atomic E-state index is 11.4. The minimum Gasteiger partial charge on any atom is -0.281 e. The highest BCUT2D eigenvalue weighted by molar-refractivity contribution is 9.10. The molecule has 0 aliphatic rings. The standard InChI is InChI=1S/C15H10BrNOS3/c1-8-11(6-13(21-8)15(18)19)14-17-12(7-20-14)9-3-2-4-10(16)5-9/h2-7H,1H3,(H,18,19). The number of thiol groups is 1. The first-order chi connectivity index (χ1) is 10.0. The van der Waals surface area contributed by atoms with Crippen LogP contribution in [0.5, 0.6) is 0 Å². The minimum atomic E-state index is -0.196. The van der Waals surface area contributed by atoms with Gasteiger partial charge in [0.15, 0.2) is 0 Å². The van der Waals surface area contributed by atoms with Crippen LogP contribution in [0.2, 0.25) is 0 Å². The average molecular weight is 396 g/mol. The number of carbonyl (C=O) groups is 1. The van der Waals surface area contributed by atoms with Crippen molar-refractivity contribution in [2.45, 2.75) is 6.92 Å². The molecule has 0 amide bonds. The Morgan fingerprint density at radius 1 is 1.33 bits per heavy atom. The van der Waals surface area contributed by atoms with Gasteiger partial charge in [0.05, 0.1) is 10.6 Å². The smallest absolute Gasteiger partial charge is 0.226 e. The second-order valence-corrected chi connectivity index (χ2v) is 7.87. The van der Waals surface area contributed by atoms with E-state index in [1.165, 1.54) is 11.3 Å². The Kier molecular flexibility index (Phi) is 4.31. The van der Waals surface area contributed by atoms with Crippen LogP contribution in [0.25, 0.3) is 21.8 Å². The van der Waals surface area contributed by atoms with Crippen LogP contribution in [0.3, 0.4) is 0 Å². The molecule has 3 rings (SSSR count). The number of aryl methyl sites for hydroxylation is 1. The van der Waals surface area contributed by atoms with Gasteiger partial charge in [-0.05, 0) is 25.1 Å². The number of thiophene rings is 1. The molecule has 6 heteroatoms. The molecule has 0 atom stereocenters. The number of hydrogen-bond acceptors (Lipinski definition) is 4. The minimum absolute atomic E-state index is 0.196. The second-order valence-electron chi connectivity index (χ2n) is 4.43. The van der Waals surface area contributed by atoms with Gasteiger partial charge in [0.25, 0.3) is 0 Å². The summed E-state index contributed by atoms with van der Waals surface area (Å²) in [5, 5.41) is 2.77. The summed E-state index contributed by atoms with van der Waals surface area (Å²) < 4.78 is 1.03. The summed E-state index contributed by atoms with van der Waals surface area (Å²) in [5.74, 6) is 0. The molecule has 0 fully saturated rings. The molecule has 2 heterocycles. The van der Waals surface area contributed by atoms with Crippen LogP contribution in [-0.4, -0.2) is 10.1 Å². The molecule has 0 spiro atoms. The summed E-state index contributed by atoms with van der Waals surface area (Å²) in [6.07, 6.45) is 0. The average Bonchev–Trinajstić information content (AvgIpc) is 3.05. The molecule has 0 aliphatic carbocycles. The number of carbonyl (C=O) groups excluding carboxylic acids is 1. The van der Waals surface area contributed by atoms with Crippen LogP contribution in [0.4, 0.5) is 0 Å². The zero-order valence-corrected chi connectivity index (χ0v) is 15.1. The van der Waals surface area contributed by atoms with Crippen LogP contribution in [0, 0.1) is 6.92 Å². The highest BCUT2D eigenvalue weighted by atomic mass is 79.9. The van der Waals surface area contributed by atoms with Crippen LogP contribution in [-0.2, 0) is 0 Å². The fraction of sp³-hybridized carbons (Fsp3) is 0.0667. The third-order valence-corrected chi connectivity index (χ3v) is 5.79. The highest BCUT2D eigenvalue weighted by Gasteiger charge is 2.14. The molecule has 2 nitrogen and oxygen atoms in total. The van der Waals surface area contributed by atoms with Gasteiger partial charge in [-0.1, -0.05) is 40.7 Å². The van der Waals surface area contributed by atoms with E-state index in [2.05, 4.69) is 28.6 Å². The molecule has 106 valence electrons. The number of benzene rings is 1. The Balaban J connectivity index is 2.00. The molecule has 0 bridgehead atoms. The first kappa shape index (κ1) is 15.0. The Labute approximate surface area is 144 Å². The largest absolute Gasteiger partial charge is 0.281 e. The van der Waals surface area contributed by atoms with E-state index in [4.69, 9.17) is 4.98 Å². The van der Waals surface area contributed by atoms with Gasteiger partial charge < -0.3 is 0 Å². The normalized spacial score (nSPS) is 10.8. The number of halogens is 1. The van der Waals surface area contributed by atoms with Crippen molar-refractivity contribution in [3.8, 4) is 21.8 Å². The van der Waals surface area contributed by atoms with E-state index in [-0.39, 0.29) is 5.12 Å². The molecule has 3 aromatic rings. The van der Waals surface area contributed by atoms with Crippen LogP contribution in [0.1, 0.15) is 14.5 Å². The van der Waals surface area contributed by atoms with Crippen molar-refractivity contribution >= 4 is 56.3 Å². The quantitative estimate of drug-likeness (QED) is 0.578. The predicted octanol–water partition coefficient (Wildman–Crippen LogP) is 5.68. The van der Waals surface area contributed by atoms with E-state index in [1.807, 2.05) is 42.6 Å². The maximum absolute atomic E-state index is 11.4. The van der Waals surface area contributed by atoms with Gasteiger partial charge in [-0.15, -0.1) is 22.7 Å².